The Morgan fingerprint density at radius 1 is 0.963 bits per heavy atom. The second-order valence-corrected chi connectivity index (χ2v) is 6.29. The Kier molecular flexibility index (Phi) is 5.96. The van der Waals surface area contributed by atoms with E-state index < -0.39 is 5.91 Å². The first kappa shape index (κ1) is 18.8. The molecule has 0 radical (unpaired) electrons. The van der Waals surface area contributed by atoms with Gasteiger partial charge in [-0.05, 0) is 42.0 Å². The maximum atomic E-state index is 12.1. The van der Waals surface area contributed by atoms with Crippen LogP contribution in [-0.4, -0.2) is 17.2 Å². The van der Waals surface area contributed by atoms with E-state index in [-0.39, 0.29) is 21.4 Å². The monoisotopic (exact) mass is 400 g/mol. The Balaban J connectivity index is 1.66. The zero-order valence-corrected chi connectivity index (χ0v) is 15.4. The van der Waals surface area contributed by atoms with Crippen LogP contribution in [0.3, 0.4) is 0 Å². The summed E-state index contributed by atoms with van der Waals surface area (Å²) in [6.07, 6.45) is 1.49. The minimum Gasteiger partial charge on any atom is -0.505 e. The number of halogens is 2. The van der Waals surface area contributed by atoms with Crippen molar-refractivity contribution in [2.45, 2.75) is 0 Å². The number of amides is 1. The number of para-hydroxylation sites is 1. The first-order valence-electron chi connectivity index (χ1n) is 7.87. The molecule has 3 aromatic carbocycles. The molecular weight excluding hydrogens is 387 g/mol. The minimum absolute atomic E-state index is 0.0117. The number of carbonyl (C=O) groups excluding carboxylic acids is 1. The van der Waals surface area contributed by atoms with E-state index >= 15 is 0 Å². The molecule has 0 spiro atoms. The molecule has 5 nitrogen and oxygen atoms in total. The second-order valence-electron chi connectivity index (χ2n) is 5.48. The van der Waals surface area contributed by atoms with E-state index in [1.807, 2.05) is 48.5 Å². The summed E-state index contributed by atoms with van der Waals surface area (Å²) in [5.74, 6) is 0.593. The Morgan fingerprint density at radius 2 is 1.63 bits per heavy atom. The maximum absolute atomic E-state index is 12.1. The van der Waals surface area contributed by atoms with Crippen LogP contribution in [0.5, 0.6) is 17.2 Å². The summed E-state index contributed by atoms with van der Waals surface area (Å²) in [6.45, 7) is 0. The predicted octanol–water partition coefficient (Wildman–Crippen LogP) is 5.26. The van der Waals surface area contributed by atoms with E-state index in [4.69, 9.17) is 27.9 Å². The van der Waals surface area contributed by atoms with Gasteiger partial charge in [-0.2, -0.15) is 5.10 Å². The third-order valence-electron chi connectivity index (χ3n) is 3.50. The van der Waals surface area contributed by atoms with Crippen molar-refractivity contribution in [2.75, 3.05) is 0 Å². The molecule has 0 bridgehead atoms. The second kappa shape index (κ2) is 8.58. The molecule has 1 amide bonds. The fourth-order valence-corrected chi connectivity index (χ4v) is 2.70. The number of hydrogen-bond donors (Lipinski definition) is 2. The van der Waals surface area contributed by atoms with Gasteiger partial charge in [0.05, 0.1) is 16.3 Å². The molecule has 0 unspecified atom stereocenters. The van der Waals surface area contributed by atoms with Crippen molar-refractivity contribution >= 4 is 35.3 Å². The van der Waals surface area contributed by atoms with E-state index in [2.05, 4.69) is 10.5 Å². The number of hydrazone groups is 1. The number of ether oxygens (including phenoxy) is 1. The fraction of sp³-hybridized carbons (Fsp3) is 0. The first-order valence-corrected chi connectivity index (χ1v) is 8.63. The molecule has 0 saturated carbocycles. The fourth-order valence-electron chi connectivity index (χ4n) is 2.21. The minimum atomic E-state index is -0.508. The molecule has 3 rings (SSSR count). The normalized spacial score (nSPS) is 10.7. The molecule has 7 heteroatoms. The predicted molar refractivity (Wildman–Crippen MR) is 106 cm³/mol. The van der Waals surface area contributed by atoms with Crippen molar-refractivity contribution in [1.29, 1.82) is 0 Å². The number of carbonyl (C=O) groups is 1. The quantitative estimate of drug-likeness (QED) is 0.453. The Labute approximate surface area is 165 Å². The van der Waals surface area contributed by atoms with Crippen molar-refractivity contribution in [1.82, 2.24) is 5.43 Å². The number of benzene rings is 3. The van der Waals surface area contributed by atoms with Crippen molar-refractivity contribution in [2.24, 2.45) is 5.10 Å². The molecule has 0 atom stereocenters. The highest BCUT2D eigenvalue weighted by Crippen LogP contribution is 2.32. The Morgan fingerprint density at radius 3 is 2.33 bits per heavy atom. The first-order chi connectivity index (χ1) is 13.0. The number of phenols is 1. The van der Waals surface area contributed by atoms with E-state index in [1.54, 1.807) is 6.07 Å². The van der Waals surface area contributed by atoms with Crippen LogP contribution in [0.4, 0.5) is 0 Å². The molecule has 0 aromatic heterocycles. The molecule has 0 aliphatic rings. The molecular formula is C20H14Cl2N2O3. The summed E-state index contributed by atoms with van der Waals surface area (Å²) < 4.78 is 5.75. The number of nitrogens with one attached hydrogen (secondary N) is 1. The van der Waals surface area contributed by atoms with Gasteiger partial charge in [-0.25, -0.2) is 5.43 Å². The van der Waals surface area contributed by atoms with Gasteiger partial charge in [0.2, 0.25) is 0 Å². The summed E-state index contributed by atoms with van der Waals surface area (Å²) in [5.41, 5.74) is 3.30. The smallest absolute Gasteiger partial charge is 0.271 e. The molecule has 2 N–H and O–H groups in total. The highest BCUT2D eigenvalue weighted by Gasteiger charge is 2.11. The molecule has 0 aliphatic heterocycles. The maximum Gasteiger partial charge on any atom is 0.271 e. The third-order valence-corrected chi connectivity index (χ3v) is 4.07. The van der Waals surface area contributed by atoms with Crippen molar-refractivity contribution in [3.05, 3.63) is 87.9 Å². The molecule has 0 saturated heterocycles. The van der Waals surface area contributed by atoms with E-state index in [0.29, 0.717) is 5.75 Å². The van der Waals surface area contributed by atoms with Gasteiger partial charge in [0.1, 0.15) is 11.5 Å². The Hall–Kier alpha value is -3.02. The van der Waals surface area contributed by atoms with Crippen LogP contribution < -0.4 is 10.2 Å². The third kappa shape index (κ3) is 5.00. The number of hydrogen-bond acceptors (Lipinski definition) is 4. The van der Waals surface area contributed by atoms with Gasteiger partial charge in [-0.15, -0.1) is 0 Å². The Bertz CT molecular complexity index is 969. The van der Waals surface area contributed by atoms with E-state index in [9.17, 15) is 9.90 Å². The molecule has 0 heterocycles. The van der Waals surface area contributed by atoms with Crippen LogP contribution in [0, 0.1) is 0 Å². The average molecular weight is 401 g/mol. The molecule has 3 aromatic rings. The van der Waals surface area contributed by atoms with Gasteiger partial charge in [-0.1, -0.05) is 53.5 Å². The van der Waals surface area contributed by atoms with Gasteiger partial charge in [0.25, 0.3) is 5.91 Å². The van der Waals surface area contributed by atoms with Gasteiger partial charge in [-0.3, -0.25) is 4.79 Å². The topological polar surface area (TPSA) is 70.9 Å². The van der Waals surface area contributed by atoms with Crippen molar-refractivity contribution in [3.63, 3.8) is 0 Å². The average Bonchev–Trinajstić information content (AvgIpc) is 2.67. The molecule has 27 heavy (non-hydrogen) atoms. The zero-order chi connectivity index (χ0) is 19.2. The standard InChI is InChI=1S/C20H14Cl2N2O3/c21-17-10-14(11-18(22)19(17)25)20(26)24-23-12-13-5-4-8-16(9-13)27-15-6-2-1-3-7-15/h1-12,25H,(H,24,26). The molecule has 0 fully saturated rings. The van der Waals surface area contributed by atoms with Crippen LogP contribution in [0.1, 0.15) is 15.9 Å². The van der Waals surface area contributed by atoms with Gasteiger partial charge in [0, 0.05) is 5.56 Å². The van der Waals surface area contributed by atoms with E-state index in [1.165, 1.54) is 18.3 Å². The summed E-state index contributed by atoms with van der Waals surface area (Å²) in [7, 11) is 0. The van der Waals surface area contributed by atoms with Gasteiger partial charge < -0.3 is 9.84 Å². The SMILES string of the molecule is O=C(NN=Cc1cccc(Oc2ccccc2)c1)c1cc(Cl)c(O)c(Cl)c1. The van der Waals surface area contributed by atoms with Crippen molar-refractivity contribution in [3.8, 4) is 17.2 Å². The van der Waals surface area contributed by atoms with Gasteiger partial charge >= 0.3 is 0 Å². The number of nitrogens with zero attached hydrogens (tertiary/aromatic N) is 1. The number of phenolic OH excluding ortho intramolecular Hbond substituents is 1. The van der Waals surface area contributed by atoms with Crippen LogP contribution in [0.15, 0.2) is 71.8 Å². The zero-order valence-electron chi connectivity index (χ0n) is 13.9. The van der Waals surface area contributed by atoms with Crippen LogP contribution in [-0.2, 0) is 0 Å². The van der Waals surface area contributed by atoms with Crippen molar-refractivity contribution < 1.29 is 14.6 Å². The molecule has 0 aliphatic carbocycles. The lowest BCUT2D eigenvalue weighted by Crippen LogP contribution is -2.17. The molecule has 136 valence electrons. The number of aromatic hydroxyl groups is 1. The van der Waals surface area contributed by atoms with Crippen LogP contribution in [0.2, 0.25) is 10.0 Å². The highest BCUT2D eigenvalue weighted by molar-refractivity contribution is 6.37. The highest BCUT2D eigenvalue weighted by atomic mass is 35.5. The van der Waals surface area contributed by atoms with Crippen LogP contribution in [0.25, 0.3) is 0 Å². The lowest BCUT2D eigenvalue weighted by Gasteiger charge is -2.06. The summed E-state index contributed by atoms with van der Waals surface area (Å²) in [4.78, 5) is 12.1. The van der Waals surface area contributed by atoms with E-state index in [0.717, 1.165) is 11.3 Å². The number of rotatable bonds is 5. The summed E-state index contributed by atoms with van der Waals surface area (Å²) >= 11 is 11.6. The lowest BCUT2D eigenvalue weighted by atomic mass is 10.2. The lowest BCUT2D eigenvalue weighted by molar-refractivity contribution is 0.0955. The largest absolute Gasteiger partial charge is 0.505 e. The summed E-state index contributed by atoms with van der Waals surface area (Å²) in [6, 6.07) is 19.3. The summed E-state index contributed by atoms with van der Waals surface area (Å²) in [5, 5.41) is 13.4. The van der Waals surface area contributed by atoms with Gasteiger partial charge in [0.15, 0.2) is 5.75 Å². The van der Waals surface area contributed by atoms with Crippen LogP contribution >= 0.6 is 23.2 Å².